The number of carbonyl (C=O) groups excluding carboxylic acids is 1. The van der Waals surface area contributed by atoms with Gasteiger partial charge >= 0.3 is 0 Å². The lowest BCUT2D eigenvalue weighted by molar-refractivity contribution is -0.116. The molecule has 0 spiro atoms. The highest BCUT2D eigenvalue weighted by atomic mass is 16.1. The van der Waals surface area contributed by atoms with Gasteiger partial charge in [0, 0.05) is 36.6 Å². The molecule has 2 aromatic rings. The van der Waals surface area contributed by atoms with Crippen molar-refractivity contribution in [1.82, 2.24) is 9.55 Å². The van der Waals surface area contributed by atoms with E-state index in [2.05, 4.69) is 22.1 Å². The van der Waals surface area contributed by atoms with E-state index in [1.807, 2.05) is 35.9 Å². The Morgan fingerprint density at radius 2 is 2.33 bits per heavy atom. The summed E-state index contributed by atoms with van der Waals surface area (Å²) in [5, 5.41) is 2.91. The van der Waals surface area contributed by atoms with Crippen molar-refractivity contribution in [1.29, 1.82) is 0 Å². The van der Waals surface area contributed by atoms with Crippen LogP contribution in [0.1, 0.15) is 17.5 Å². The van der Waals surface area contributed by atoms with Crippen molar-refractivity contribution < 1.29 is 4.79 Å². The monoisotopic (exact) mass is 282 g/mol. The van der Waals surface area contributed by atoms with Gasteiger partial charge in [-0.25, -0.2) is 4.98 Å². The van der Waals surface area contributed by atoms with Crippen LogP contribution in [0, 0.1) is 18.8 Å². The zero-order valence-corrected chi connectivity index (χ0v) is 12.0. The van der Waals surface area contributed by atoms with Crippen LogP contribution in [0.5, 0.6) is 0 Å². The van der Waals surface area contributed by atoms with Gasteiger partial charge in [-0.1, -0.05) is 11.8 Å². The van der Waals surface area contributed by atoms with E-state index in [0.29, 0.717) is 19.5 Å². The van der Waals surface area contributed by atoms with Crippen LogP contribution in [0.4, 0.5) is 5.69 Å². The number of hydrogen-bond donors (Lipinski definition) is 2. The number of anilines is 1. The summed E-state index contributed by atoms with van der Waals surface area (Å²) >= 11 is 0. The third-order valence-electron chi connectivity index (χ3n) is 2.99. The number of rotatable bonds is 4. The first-order chi connectivity index (χ1) is 10.2. The smallest absolute Gasteiger partial charge is 0.226 e. The zero-order valence-electron chi connectivity index (χ0n) is 12.0. The Hall–Kier alpha value is -2.58. The Labute approximate surface area is 124 Å². The van der Waals surface area contributed by atoms with Crippen molar-refractivity contribution in [3.05, 3.63) is 48.0 Å². The fourth-order valence-corrected chi connectivity index (χ4v) is 1.90. The van der Waals surface area contributed by atoms with Gasteiger partial charge in [0.05, 0.1) is 12.9 Å². The standard InChI is InChI=1S/C16H18N4O/c1-13-11-14(3-2-7-17)4-5-15(13)19-16(21)6-9-20-10-8-18-12-20/h4-5,8,10-12H,6-7,9,17H2,1H3,(H,19,21). The first-order valence-corrected chi connectivity index (χ1v) is 6.74. The van der Waals surface area contributed by atoms with Crippen LogP contribution >= 0.6 is 0 Å². The first-order valence-electron chi connectivity index (χ1n) is 6.74. The molecule has 1 aromatic heterocycles. The maximum absolute atomic E-state index is 11.9. The molecule has 0 unspecified atom stereocenters. The molecule has 0 atom stereocenters. The summed E-state index contributed by atoms with van der Waals surface area (Å²) in [6.07, 6.45) is 5.64. The molecule has 1 amide bonds. The molecule has 5 nitrogen and oxygen atoms in total. The maximum Gasteiger partial charge on any atom is 0.226 e. The van der Waals surface area contributed by atoms with Crippen LogP contribution in [0.2, 0.25) is 0 Å². The topological polar surface area (TPSA) is 72.9 Å². The summed E-state index contributed by atoms with van der Waals surface area (Å²) in [4.78, 5) is 15.9. The number of aryl methyl sites for hydroxylation is 2. The second kappa shape index (κ2) is 7.27. The van der Waals surface area contributed by atoms with E-state index in [-0.39, 0.29) is 5.91 Å². The van der Waals surface area contributed by atoms with Gasteiger partial charge in [0.15, 0.2) is 0 Å². The largest absolute Gasteiger partial charge is 0.337 e. The molecule has 0 saturated heterocycles. The van der Waals surface area contributed by atoms with Crippen molar-refractivity contribution in [2.75, 3.05) is 11.9 Å². The first kappa shape index (κ1) is 14.8. The van der Waals surface area contributed by atoms with E-state index >= 15 is 0 Å². The molecule has 1 aromatic carbocycles. The molecule has 108 valence electrons. The van der Waals surface area contributed by atoms with E-state index in [4.69, 9.17) is 5.73 Å². The van der Waals surface area contributed by atoms with Crippen LogP contribution in [-0.4, -0.2) is 22.0 Å². The van der Waals surface area contributed by atoms with Crippen LogP contribution in [0.25, 0.3) is 0 Å². The molecule has 21 heavy (non-hydrogen) atoms. The van der Waals surface area contributed by atoms with Gasteiger partial charge < -0.3 is 15.6 Å². The molecular weight excluding hydrogens is 264 g/mol. The molecule has 1 heterocycles. The molecule has 0 aliphatic rings. The van der Waals surface area contributed by atoms with Gasteiger partial charge in [-0.05, 0) is 30.7 Å². The second-order valence-corrected chi connectivity index (χ2v) is 4.63. The van der Waals surface area contributed by atoms with E-state index in [1.54, 1.807) is 12.5 Å². The van der Waals surface area contributed by atoms with Crippen molar-refractivity contribution in [3.63, 3.8) is 0 Å². The maximum atomic E-state index is 11.9. The lowest BCUT2D eigenvalue weighted by Crippen LogP contribution is -2.14. The summed E-state index contributed by atoms with van der Waals surface area (Å²) in [5.41, 5.74) is 8.03. The second-order valence-electron chi connectivity index (χ2n) is 4.63. The molecule has 2 rings (SSSR count). The average molecular weight is 282 g/mol. The third-order valence-corrected chi connectivity index (χ3v) is 2.99. The fourth-order valence-electron chi connectivity index (χ4n) is 1.90. The molecule has 3 N–H and O–H groups in total. The number of imidazole rings is 1. The predicted octanol–water partition coefficient (Wildman–Crippen LogP) is 1.53. The fraction of sp³-hybridized carbons (Fsp3) is 0.250. The molecule has 5 heteroatoms. The SMILES string of the molecule is Cc1cc(C#CCN)ccc1NC(=O)CCn1ccnc1. The number of hydrogen-bond acceptors (Lipinski definition) is 3. The number of benzene rings is 1. The van der Waals surface area contributed by atoms with Crippen molar-refractivity contribution in [2.24, 2.45) is 5.73 Å². The van der Waals surface area contributed by atoms with E-state index < -0.39 is 0 Å². The number of carbonyl (C=O) groups is 1. The van der Waals surface area contributed by atoms with E-state index in [0.717, 1.165) is 16.8 Å². The molecular formula is C16H18N4O. The van der Waals surface area contributed by atoms with Gasteiger partial charge in [-0.2, -0.15) is 0 Å². The van der Waals surface area contributed by atoms with Gasteiger partial charge in [-0.15, -0.1) is 0 Å². The summed E-state index contributed by atoms with van der Waals surface area (Å²) in [6, 6.07) is 5.68. The Bertz CT molecular complexity index is 665. The van der Waals surface area contributed by atoms with Crippen LogP contribution in [-0.2, 0) is 11.3 Å². The summed E-state index contributed by atoms with van der Waals surface area (Å²) < 4.78 is 1.87. The molecule has 0 aliphatic heterocycles. The average Bonchev–Trinajstić information content (AvgIpc) is 2.99. The number of nitrogens with two attached hydrogens (primary N) is 1. The minimum absolute atomic E-state index is 0.0207. The number of nitrogens with zero attached hydrogens (tertiary/aromatic N) is 2. The zero-order chi connectivity index (χ0) is 15.1. The van der Waals surface area contributed by atoms with Crippen molar-refractivity contribution in [2.45, 2.75) is 19.9 Å². The van der Waals surface area contributed by atoms with Crippen molar-refractivity contribution in [3.8, 4) is 11.8 Å². The Kier molecular flexibility index (Phi) is 5.13. The van der Waals surface area contributed by atoms with Gasteiger partial charge in [0.2, 0.25) is 5.91 Å². The summed E-state index contributed by atoms with van der Waals surface area (Å²) in [5.74, 6) is 5.76. The Morgan fingerprint density at radius 1 is 1.48 bits per heavy atom. The normalized spacial score (nSPS) is 9.81. The molecule has 0 fully saturated rings. The van der Waals surface area contributed by atoms with Crippen LogP contribution in [0.3, 0.4) is 0 Å². The predicted molar refractivity (Wildman–Crippen MR) is 82.6 cm³/mol. The molecule has 0 bridgehead atoms. The molecule has 0 radical (unpaired) electrons. The van der Waals surface area contributed by atoms with Gasteiger partial charge in [-0.3, -0.25) is 4.79 Å². The van der Waals surface area contributed by atoms with E-state index in [1.165, 1.54) is 0 Å². The number of nitrogens with one attached hydrogen (secondary N) is 1. The quantitative estimate of drug-likeness (QED) is 0.835. The molecule has 0 aliphatic carbocycles. The van der Waals surface area contributed by atoms with Crippen LogP contribution in [0.15, 0.2) is 36.9 Å². The van der Waals surface area contributed by atoms with Crippen molar-refractivity contribution >= 4 is 11.6 Å². The minimum atomic E-state index is -0.0207. The number of aromatic nitrogens is 2. The highest BCUT2D eigenvalue weighted by molar-refractivity contribution is 5.91. The van der Waals surface area contributed by atoms with Crippen LogP contribution < -0.4 is 11.1 Å². The highest BCUT2D eigenvalue weighted by Crippen LogP contribution is 2.16. The van der Waals surface area contributed by atoms with Gasteiger partial charge in [0.1, 0.15) is 0 Å². The van der Waals surface area contributed by atoms with E-state index in [9.17, 15) is 4.79 Å². The lowest BCUT2D eigenvalue weighted by atomic mass is 10.1. The summed E-state index contributed by atoms with van der Waals surface area (Å²) in [7, 11) is 0. The molecule has 0 saturated carbocycles. The van der Waals surface area contributed by atoms with Gasteiger partial charge in [0.25, 0.3) is 0 Å². The minimum Gasteiger partial charge on any atom is -0.337 e. The Morgan fingerprint density at radius 3 is 3.00 bits per heavy atom. The lowest BCUT2D eigenvalue weighted by Gasteiger charge is -2.09. The third kappa shape index (κ3) is 4.48. The summed E-state index contributed by atoms with van der Waals surface area (Å²) in [6.45, 7) is 2.90. The Balaban J connectivity index is 1.94. The highest BCUT2D eigenvalue weighted by Gasteiger charge is 2.05. The number of amides is 1.